The maximum absolute atomic E-state index is 13.6. The van der Waals surface area contributed by atoms with Crippen LogP contribution in [-0.2, 0) is 11.4 Å². The number of anilines is 2. The normalized spacial score (nSPS) is 14.6. The summed E-state index contributed by atoms with van der Waals surface area (Å²) < 4.78 is 5.96. The highest BCUT2D eigenvalue weighted by atomic mass is 35.5. The fraction of sp³-hybridized carbons (Fsp3) is 0.375. The van der Waals surface area contributed by atoms with Crippen molar-refractivity contribution in [2.45, 2.75) is 38.7 Å². The number of hydrogen-bond donors (Lipinski definition) is 2. The van der Waals surface area contributed by atoms with Crippen molar-refractivity contribution in [1.82, 2.24) is 9.99 Å². The smallest absolute Gasteiger partial charge is 0.294 e. The van der Waals surface area contributed by atoms with Gasteiger partial charge in [0, 0.05) is 31.6 Å². The Hall–Kier alpha value is -2.94. The number of nitrogens with one attached hydrogen (secondary N) is 1. The molecule has 0 aliphatic heterocycles. The maximum Gasteiger partial charge on any atom is 0.294 e. The Morgan fingerprint density at radius 2 is 1.94 bits per heavy atom. The van der Waals surface area contributed by atoms with Gasteiger partial charge >= 0.3 is 0 Å². The molecule has 0 unspecified atom stereocenters. The molecule has 1 aliphatic carbocycles. The second kappa shape index (κ2) is 9.91. The van der Waals surface area contributed by atoms with E-state index in [-0.39, 0.29) is 24.2 Å². The Morgan fingerprint density at radius 3 is 2.58 bits per heavy atom. The molecule has 8 nitrogen and oxygen atoms in total. The number of halogens is 1. The van der Waals surface area contributed by atoms with E-state index in [4.69, 9.17) is 16.0 Å². The van der Waals surface area contributed by atoms with Crippen molar-refractivity contribution in [2.75, 3.05) is 24.4 Å². The van der Waals surface area contributed by atoms with Crippen molar-refractivity contribution >= 4 is 45.9 Å². The first-order valence-electron chi connectivity index (χ1n) is 11.0. The Balaban J connectivity index is 1.81. The van der Waals surface area contributed by atoms with E-state index in [0.29, 0.717) is 33.1 Å². The van der Waals surface area contributed by atoms with Crippen molar-refractivity contribution in [1.29, 1.82) is 0 Å². The third kappa shape index (κ3) is 4.88. The second-order valence-corrected chi connectivity index (χ2v) is 8.85. The van der Waals surface area contributed by atoms with E-state index in [2.05, 4.69) is 10.3 Å². The third-order valence-corrected chi connectivity index (χ3v) is 6.08. The monoisotopic (exact) mass is 470 g/mol. The molecule has 9 heteroatoms. The van der Waals surface area contributed by atoms with E-state index in [1.807, 2.05) is 0 Å². The van der Waals surface area contributed by atoms with E-state index in [1.165, 1.54) is 11.2 Å². The average Bonchev–Trinajstić information content (AvgIpc) is 3.19. The summed E-state index contributed by atoms with van der Waals surface area (Å²) in [5, 5.41) is 16.6. The molecule has 2 aromatic heterocycles. The molecule has 1 fully saturated rings. The molecule has 2 N–H and O–H groups in total. The van der Waals surface area contributed by atoms with Gasteiger partial charge in [-0.3, -0.25) is 9.59 Å². The molecule has 0 spiro atoms. The van der Waals surface area contributed by atoms with Crippen LogP contribution in [0.25, 0.3) is 11.0 Å². The highest BCUT2D eigenvalue weighted by Crippen LogP contribution is 2.38. The number of hydrazine groups is 1. The van der Waals surface area contributed by atoms with Gasteiger partial charge in [0.25, 0.3) is 5.91 Å². The molecule has 1 aromatic carbocycles. The summed E-state index contributed by atoms with van der Waals surface area (Å²) in [4.78, 5) is 31.0. The number of fused-ring (bicyclic) bond motifs is 1. The molecule has 4 rings (SSSR count). The zero-order valence-corrected chi connectivity index (χ0v) is 19.4. The largest absolute Gasteiger partial charge is 0.449 e. The van der Waals surface area contributed by atoms with Crippen LogP contribution >= 0.6 is 11.6 Å². The van der Waals surface area contributed by atoms with Crippen molar-refractivity contribution in [3.63, 3.8) is 0 Å². The maximum atomic E-state index is 13.6. The van der Waals surface area contributed by atoms with E-state index >= 15 is 0 Å². The lowest BCUT2D eigenvalue weighted by Crippen LogP contribution is -2.46. The van der Waals surface area contributed by atoms with Crippen molar-refractivity contribution < 1.29 is 19.1 Å². The van der Waals surface area contributed by atoms with Crippen LogP contribution in [0, 0.1) is 5.92 Å². The second-order valence-electron chi connectivity index (χ2n) is 8.42. The summed E-state index contributed by atoms with van der Waals surface area (Å²) in [6.45, 7) is -0.171. The van der Waals surface area contributed by atoms with Gasteiger partial charge < -0.3 is 14.8 Å². The summed E-state index contributed by atoms with van der Waals surface area (Å²) in [5.41, 5.74) is 1.45. The van der Waals surface area contributed by atoms with E-state index in [0.717, 1.165) is 32.1 Å². The molecule has 0 atom stereocenters. The summed E-state index contributed by atoms with van der Waals surface area (Å²) >= 11 is 5.89. The van der Waals surface area contributed by atoms with E-state index < -0.39 is 5.91 Å². The predicted octanol–water partition coefficient (Wildman–Crippen LogP) is 4.62. The number of aliphatic hydroxyl groups excluding tert-OH is 1. The van der Waals surface area contributed by atoms with Gasteiger partial charge in [-0.15, -0.1) is 0 Å². The van der Waals surface area contributed by atoms with Crippen LogP contribution in [-0.4, -0.2) is 41.0 Å². The number of carbonyl (C=O) groups is 2. The number of aromatic nitrogens is 1. The molecule has 1 aliphatic rings. The first kappa shape index (κ1) is 23.2. The van der Waals surface area contributed by atoms with Gasteiger partial charge in [0.05, 0.1) is 11.6 Å². The molecule has 3 aromatic rings. The van der Waals surface area contributed by atoms with Crippen molar-refractivity contribution in [2.24, 2.45) is 5.92 Å². The van der Waals surface area contributed by atoms with Gasteiger partial charge in [-0.1, -0.05) is 36.9 Å². The Morgan fingerprint density at radius 1 is 1.18 bits per heavy atom. The zero-order chi connectivity index (χ0) is 23.5. The number of hydrogen-bond acceptors (Lipinski definition) is 6. The summed E-state index contributed by atoms with van der Waals surface area (Å²) in [6.07, 6.45) is 6.21. The fourth-order valence-corrected chi connectivity index (χ4v) is 4.36. The van der Waals surface area contributed by atoms with Crippen molar-refractivity contribution in [3.05, 3.63) is 52.9 Å². The van der Waals surface area contributed by atoms with Gasteiger partial charge in [-0.2, -0.15) is 0 Å². The van der Waals surface area contributed by atoms with Gasteiger partial charge in [-0.25, -0.2) is 15.0 Å². The summed E-state index contributed by atoms with van der Waals surface area (Å²) in [5.74, 6) is -0.433. The molecular formula is C24H27ClN4O4. The number of benzene rings is 1. The number of carbonyl (C=O) groups excluding carboxylic acids is 2. The SMILES string of the molecule is CN(C)N(C(=O)C1CCCCC1)c1c(C(=O)Nc2ccc(Cl)cn2)oc2ccc(CO)cc12. The first-order chi connectivity index (χ1) is 15.9. The zero-order valence-electron chi connectivity index (χ0n) is 18.7. The average molecular weight is 471 g/mol. The molecule has 2 heterocycles. The number of amides is 2. The molecule has 1 saturated carbocycles. The fourth-order valence-electron chi connectivity index (χ4n) is 4.25. The van der Waals surface area contributed by atoms with E-state index in [9.17, 15) is 14.7 Å². The topological polar surface area (TPSA) is 98.9 Å². The molecule has 174 valence electrons. The van der Waals surface area contributed by atoms with Crippen LogP contribution in [0.4, 0.5) is 11.5 Å². The van der Waals surface area contributed by atoms with Crippen LogP contribution < -0.4 is 10.3 Å². The van der Waals surface area contributed by atoms with Crippen LogP contribution in [0.2, 0.25) is 5.02 Å². The molecule has 0 radical (unpaired) electrons. The minimum atomic E-state index is -0.537. The van der Waals surface area contributed by atoms with Gasteiger partial charge in [0.15, 0.2) is 0 Å². The van der Waals surface area contributed by atoms with Crippen LogP contribution in [0.5, 0.6) is 0 Å². The highest BCUT2D eigenvalue weighted by Gasteiger charge is 2.34. The molecule has 0 bridgehead atoms. The summed E-state index contributed by atoms with van der Waals surface area (Å²) in [7, 11) is 3.52. The quantitative estimate of drug-likeness (QED) is 0.510. The minimum Gasteiger partial charge on any atom is -0.449 e. The number of nitrogens with zero attached hydrogens (tertiary/aromatic N) is 3. The number of pyridine rings is 1. The molecule has 0 saturated heterocycles. The molecular weight excluding hydrogens is 444 g/mol. The van der Waals surface area contributed by atoms with Gasteiger partial charge in [0.2, 0.25) is 11.7 Å². The lowest BCUT2D eigenvalue weighted by molar-refractivity contribution is -0.125. The molecule has 33 heavy (non-hydrogen) atoms. The number of rotatable bonds is 6. The van der Waals surface area contributed by atoms with Gasteiger partial charge in [0.1, 0.15) is 17.1 Å². The number of aliphatic hydroxyl groups is 1. The first-order valence-corrected chi connectivity index (χ1v) is 11.4. The van der Waals surface area contributed by atoms with Crippen LogP contribution in [0.15, 0.2) is 40.9 Å². The lowest BCUT2D eigenvalue weighted by Gasteiger charge is -2.33. The highest BCUT2D eigenvalue weighted by molar-refractivity contribution is 6.30. The third-order valence-electron chi connectivity index (χ3n) is 5.86. The lowest BCUT2D eigenvalue weighted by atomic mass is 9.88. The van der Waals surface area contributed by atoms with Crippen LogP contribution in [0.1, 0.15) is 48.2 Å². The standard InChI is InChI=1S/C24H27ClN4O4/c1-28(2)29(24(32)16-6-4-3-5-7-16)21-18-12-15(14-30)8-10-19(18)33-22(21)23(31)27-20-11-9-17(25)13-26-20/h8-13,16,30H,3-7,14H2,1-2H3,(H,26,27,31). The predicted molar refractivity (Wildman–Crippen MR) is 127 cm³/mol. The Kier molecular flexibility index (Phi) is 6.97. The summed E-state index contributed by atoms with van der Waals surface area (Å²) in [6, 6.07) is 8.37. The van der Waals surface area contributed by atoms with Crippen LogP contribution in [0.3, 0.4) is 0 Å². The molecule has 2 amide bonds. The van der Waals surface area contributed by atoms with Gasteiger partial charge in [-0.05, 0) is 42.7 Å². The Labute approximate surface area is 197 Å². The Bertz CT molecular complexity index is 1150. The van der Waals surface area contributed by atoms with E-state index in [1.54, 1.807) is 49.4 Å². The van der Waals surface area contributed by atoms with Crippen molar-refractivity contribution in [3.8, 4) is 0 Å². The number of furan rings is 1. The minimum absolute atomic E-state index is 0.00491.